The van der Waals surface area contributed by atoms with Gasteiger partial charge in [-0.15, -0.1) is 0 Å². The van der Waals surface area contributed by atoms with Crippen LogP contribution in [0.2, 0.25) is 5.02 Å². The number of carbonyl (C=O) groups excluding carboxylic acids is 1. The van der Waals surface area contributed by atoms with E-state index < -0.39 is 0 Å². The maximum atomic E-state index is 13.0. The number of amides is 1. The van der Waals surface area contributed by atoms with Crippen molar-refractivity contribution in [2.45, 2.75) is 18.6 Å². The maximum absolute atomic E-state index is 13.0. The number of fused-ring (bicyclic) bond motifs is 1. The fourth-order valence-corrected chi connectivity index (χ4v) is 4.22. The SMILES string of the molecule is CCn1c(SCC(=O)Nc2ccccc2Cl)nc2c(-c3ccccc3)c[nH]c2c1=O. The highest BCUT2D eigenvalue weighted by atomic mass is 35.5. The number of carbonyl (C=O) groups is 1. The van der Waals surface area contributed by atoms with Crippen LogP contribution >= 0.6 is 23.4 Å². The van der Waals surface area contributed by atoms with Crippen molar-refractivity contribution in [3.05, 3.63) is 76.2 Å². The van der Waals surface area contributed by atoms with Crippen LogP contribution < -0.4 is 10.9 Å². The molecule has 0 fully saturated rings. The lowest BCUT2D eigenvalue weighted by Crippen LogP contribution is -2.23. The number of nitrogens with zero attached hydrogens (tertiary/aromatic N) is 2. The molecule has 0 bridgehead atoms. The molecule has 0 aliphatic rings. The van der Waals surface area contributed by atoms with Crippen LogP contribution in [0.15, 0.2) is 70.7 Å². The van der Waals surface area contributed by atoms with E-state index in [1.807, 2.05) is 37.3 Å². The van der Waals surface area contributed by atoms with Crippen molar-refractivity contribution >= 4 is 46.0 Å². The first-order chi connectivity index (χ1) is 14.6. The number of halogens is 1. The molecule has 0 saturated heterocycles. The van der Waals surface area contributed by atoms with Crippen molar-refractivity contribution in [3.63, 3.8) is 0 Å². The molecule has 2 aromatic carbocycles. The Bertz CT molecular complexity index is 1270. The predicted octanol–water partition coefficient (Wildman–Crippen LogP) is 4.80. The zero-order chi connectivity index (χ0) is 21.1. The van der Waals surface area contributed by atoms with Gasteiger partial charge in [-0.3, -0.25) is 14.2 Å². The molecule has 0 aliphatic carbocycles. The van der Waals surface area contributed by atoms with Gasteiger partial charge in [0.1, 0.15) is 11.0 Å². The number of hydrogen-bond acceptors (Lipinski definition) is 4. The van der Waals surface area contributed by atoms with Gasteiger partial charge in [0.05, 0.1) is 16.5 Å². The lowest BCUT2D eigenvalue weighted by molar-refractivity contribution is -0.113. The Hall–Kier alpha value is -3.03. The summed E-state index contributed by atoms with van der Waals surface area (Å²) in [6.45, 7) is 2.33. The second kappa shape index (κ2) is 8.77. The van der Waals surface area contributed by atoms with E-state index in [2.05, 4.69) is 10.3 Å². The van der Waals surface area contributed by atoms with Gasteiger partial charge in [0.15, 0.2) is 5.16 Å². The molecule has 8 heteroatoms. The molecule has 1 amide bonds. The molecule has 0 radical (unpaired) electrons. The molecule has 4 aromatic rings. The first-order valence-electron chi connectivity index (χ1n) is 9.43. The molecule has 2 heterocycles. The predicted molar refractivity (Wildman–Crippen MR) is 122 cm³/mol. The van der Waals surface area contributed by atoms with Crippen molar-refractivity contribution in [1.82, 2.24) is 14.5 Å². The number of hydrogen-bond donors (Lipinski definition) is 2. The minimum absolute atomic E-state index is 0.105. The summed E-state index contributed by atoms with van der Waals surface area (Å²) >= 11 is 7.32. The van der Waals surface area contributed by atoms with E-state index >= 15 is 0 Å². The summed E-state index contributed by atoms with van der Waals surface area (Å²) in [5.74, 6) is -0.115. The molecular weight excluding hydrogens is 420 g/mol. The Morgan fingerprint density at radius 3 is 2.63 bits per heavy atom. The van der Waals surface area contributed by atoms with Crippen LogP contribution in [0.1, 0.15) is 6.92 Å². The van der Waals surface area contributed by atoms with Gasteiger partial charge in [-0.25, -0.2) is 4.98 Å². The summed E-state index contributed by atoms with van der Waals surface area (Å²) in [6.07, 6.45) is 1.80. The lowest BCUT2D eigenvalue weighted by Gasteiger charge is -2.11. The second-order valence-electron chi connectivity index (χ2n) is 6.55. The Kier molecular flexibility index (Phi) is 5.92. The molecule has 2 N–H and O–H groups in total. The quantitative estimate of drug-likeness (QED) is 0.335. The zero-order valence-electron chi connectivity index (χ0n) is 16.2. The third kappa shape index (κ3) is 3.99. The first kappa shape index (κ1) is 20.3. The number of rotatable bonds is 6. The van der Waals surface area contributed by atoms with Crippen LogP contribution in [0.25, 0.3) is 22.2 Å². The van der Waals surface area contributed by atoms with Crippen molar-refractivity contribution < 1.29 is 4.79 Å². The molecule has 152 valence electrons. The minimum Gasteiger partial charge on any atom is -0.355 e. The smallest absolute Gasteiger partial charge is 0.278 e. The molecule has 30 heavy (non-hydrogen) atoms. The number of H-pyrrole nitrogens is 1. The van der Waals surface area contributed by atoms with Gasteiger partial charge in [0.25, 0.3) is 5.56 Å². The molecule has 0 aliphatic heterocycles. The Morgan fingerprint density at radius 1 is 1.17 bits per heavy atom. The summed E-state index contributed by atoms with van der Waals surface area (Å²) in [5, 5.41) is 3.76. The molecule has 0 unspecified atom stereocenters. The molecule has 0 atom stereocenters. The number of aromatic amines is 1. The number of para-hydroxylation sites is 1. The van der Waals surface area contributed by atoms with Crippen LogP contribution in [0, 0.1) is 0 Å². The number of nitrogens with one attached hydrogen (secondary N) is 2. The summed E-state index contributed by atoms with van der Waals surface area (Å²) < 4.78 is 1.57. The third-order valence-electron chi connectivity index (χ3n) is 4.63. The van der Waals surface area contributed by atoms with E-state index in [4.69, 9.17) is 16.6 Å². The number of benzene rings is 2. The fourth-order valence-electron chi connectivity index (χ4n) is 3.18. The number of aromatic nitrogens is 3. The van der Waals surface area contributed by atoms with Crippen molar-refractivity contribution in [1.29, 1.82) is 0 Å². The second-order valence-corrected chi connectivity index (χ2v) is 7.90. The van der Waals surface area contributed by atoms with Crippen LogP contribution in [-0.4, -0.2) is 26.2 Å². The monoisotopic (exact) mass is 438 g/mol. The molecular formula is C22H19ClN4O2S. The van der Waals surface area contributed by atoms with E-state index in [1.165, 1.54) is 11.8 Å². The molecule has 6 nitrogen and oxygen atoms in total. The minimum atomic E-state index is -0.220. The zero-order valence-corrected chi connectivity index (χ0v) is 17.8. The van der Waals surface area contributed by atoms with E-state index in [9.17, 15) is 9.59 Å². The van der Waals surface area contributed by atoms with E-state index in [0.29, 0.717) is 33.4 Å². The van der Waals surface area contributed by atoms with E-state index in [1.54, 1.807) is 35.0 Å². The van der Waals surface area contributed by atoms with E-state index in [-0.39, 0.29) is 17.2 Å². The van der Waals surface area contributed by atoms with Gasteiger partial charge in [0, 0.05) is 18.3 Å². The first-order valence-corrected chi connectivity index (χ1v) is 10.8. The fraction of sp³-hybridized carbons (Fsp3) is 0.136. The van der Waals surface area contributed by atoms with Crippen LogP contribution in [0.5, 0.6) is 0 Å². The Balaban J connectivity index is 1.64. The van der Waals surface area contributed by atoms with Gasteiger partial charge in [-0.1, -0.05) is 65.8 Å². The number of thioether (sulfide) groups is 1. The Morgan fingerprint density at radius 2 is 1.90 bits per heavy atom. The van der Waals surface area contributed by atoms with Gasteiger partial charge < -0.3 is 10.3 Å². The highest BCUT2D eigenvalue weighted by Crippen LogP contribution is 2.28. The largest absolute Gasteiger partial charge is 0.355 e. The molecule has 0 saturated carbocycles. The number of anilines is 1. The van der Waals surface area contributed by atoms with Crippen LogP contribution in [0.4, 0.5) is 5.69 Å². The summed E-state index contributed by atoms with van der Waals surface area (Å²) in [4.78, 5) is 33.2. The molecule has 4 rings (SSSR count). The maximum Gasteiger partial charge on any atom is 0.278 e. The standard InChI is InChI=1S/C22H19ClN4O2S/c1-2-27-21(29)20-19(15(12-24-20)14-8-4-3-5-9-14)26-22(27)30-13-18(28)25-17-11-7-6-10-16(17)23/h3-12,24H,2,13H2,1H3,(H,25,28). The summed E-state index contributed by atoms with van der Waals surface area (Å²) in [7, 11) is 0. The topological polar surface area (TPSA) is 79.8 Å². The summed E-state index contributed by atoms with van der Waals surface area (Å²) in [6, 6.07) is 16.8. The van der Waals surface area contributed by atoms with Crippen molar-refractivity contribution in [2.75, 3.05) is 11.1 Å². The molecule has 2 aromatic heterocycles. The van der Waals surface area contributed by atoms with Crippen LogP contribution in [0.3, 0.4) is 0 Å². The highest BCUT2D eigenvalue weighted by molar-refractivity contribution is 7.99. The van der Waals surface area contributed by atoms with Gasteiger partial charge in [0.2, 0.25) is 5.91 Å². The average molecular weight is 439 g/mol. The van der Waals surface area contributed by atoms with Gasteiger partial charge >= 0.3 is 0 Å². The molecule has 0 spiro atoms. The normalized spacial score (nSPS) is 11.0. The Labute approximate surface area is 182 Å². The van der Waals surface area contributed by atoms with Crippen molar-refractivity contribution in [3.8, 4) is 11.1 Å². The van der Waals surface area contributed by atoms with Gasteiger partial charge in [-0.05, 0) is 24.6 Å². The summed E-state index contributed by atoms with van der Waals surface area (Å²) in [5.41, 5.74) is 3.29. The van der Waals surface area contributed by atoms with Crippen molar-refractivity contribution in [2.24, 2.45) is 0 Å². The lowest BCUT2D eigenvalue weighted by atomic mass is 10.1. The van der Waals surface area contributed by atoms with E-state index in [0.717, 1.165) is 11.1 Å². The third-order valence-corrected chi connectivity index (χ3v) is 5.94. The van der Waals surface area contributed by atoms with Gasteiger partial charge in [-0.2, -0.15) is 0 Å². The van der Waals surface area contributed by atoms with Crippen LogP contribution in [-0.2, 0) is 11.3 Å². The highest BCUT2D eigenvalue weighted by Gasteiger charge is 2.17. The average Bonchev–Trinajstić information content (AvgIpc) is 3.19.